The molecular formula is C25H23N3O3. The number of ether oxygens (including phenoxy) is 1. The van der Waals surface area contributed by atoms with Crippen molar-refractivity contribution in [3.8, 4) is 0 Å². The molecule has 1 aliphatic carbocycles. The van der Waals surface area contributed by atoms with Crippen molar-refractivity contribution in [1.82, 2.24) is 14.4 Å². The van der Waals surface area contributed by atoms with Crippen LogP contribution in [-0.2, 0) is 24.2 Å². The minimum absolute atomic E-state index is 0.0517. The zero-order valence-electron chi connectivity index (χ0n) is 17.4. The lowest BCUT2D eigenvalue weighted by Crippen LogP contribution is -2.17. The van der Waals surface area contributed by atoms with E-state index in [1.165, 1.54) is 10.5 Å². The number of aryl methyl sites for hydroxylation is 2. The average molecular weight is 413 g/mol. The molecule has 3 aromatic heterocycles. The summed E-state index contributed by atoms with van der Waals surface area (Å²) in [5.74, 6) is -0.386. The van der Waals surface area contributed by atoms with Crippen LogP contribution in [0.1, 0.15) is 52.1 Å². The number of esters is 1. The zero-order valence-corrected chi connectivity index (χ0v) is 17.4. The number of rotatable bonds is 3. The SMILES string of the molecule is Cc1ccc2nc(COC(=O)c3c4c(nc5ccccc35)CCCCC4)cc(=O)n2c1. The normalized spacial score (nSPS) is 13.7. The quantitative estimate of drug-likeness (QED) is 0.372. The van der Waals surface area contributed by atoms with Crippen LogP contribution in [0.25, 0.3) is 16.6 Å². The predicted molar refractivity (Wildman–Crippen MR) is 118 cm³/mol. The van der Waals surface area contributed by atoms with Gasteiger partial charge in [-0.1, -0.05) is 30.7 Å². The molecular weight excluding hydrogens is 390 g/mol. The van der Waals surface area contributed by atoms with Gasteiger partial charge in [-0.3, -0.25) is 14.2 Å². The predicted octanol–water partition coefficient (Wildman–Crippen LogP) is 4.18. The molecule has 6 heteroatoms. The van der Waals surface area contributed by atoms with E-state index in [9.17, 15) is 9.59 Å². The molecule has 6 nitrogen and oxygen atoms in total. The van der Waals surface area contributed by atoms with Crippen molar-refractivity contribution in [1.29, 1.82) is 0 Å². The summed E-state index contributed by atoms with van der Waals surface area (Å²) in [5, 5.41) is 0.815. The molecule has 1 aromatic carbocycles. The summed E-state index contributed by atoms with van der Waals surface area (Å²) in [7, 11) is 0. The molecule has 31 heavy (non-hydrogen) atoms. The summed E-state index contributed by atoms with van der Waals surface area (Å²) in [4.78, 5) is 35.0. The summed E-state index contributed by atoms with van der Waals surface area (Å²) in [6.07, 6.45) is 6.70. The molecule has 0 saturated carbocycles. The molecule has 0 saturated heterocycles. The molecule has 0 radical (unpaired) electrons. The van der Waals surface area contributed by atoms with E-state index in [1.54, 1.807) is 12.3 Å². The number of para-hydroxylation sites is 1. The molecule has 0 aliphatic heterocycles. The van der Waals surface area contributed by atoms with Crippen molar-refractivity contribution in [2.45, 2.75) is 45.6 Å². The van der Waals surface area contributed by atoms with Gasteiger partial charge in [-0.2, -0.15) is 0 Å². The number of carbonyl (C=O) groups is 1. The van der Waals surface area contributed by atoms with Gasteiger partial charge in [0.05, 0.1) is 16.8 Å². The maximum atomic E-state index is 13.2. The van der Waals surface area contributed by atoms with E-state index in [1.807, 2.05) is 37.3 Å². The highest BCUT2D eigenvalue weighted by atomic mass is 16.5. The Hall–Kier alpha value is -3.54. The van der Waals surface area contributed by atoms with Gasteiger partial charge >= 0.3 is 5.97 Å². The zero-order chi connectivity index (χ0) is 21.4. The molecule has 1 aliphatic rings. The number of hydrogen-bond donors (Lipinski definition) is 0. The van der Waals surface area contributed by atoms with E-state index in [0.29, 0.717) is 16.9 Å². The number of hydrogen-bond acceptors (Lipinski definition) is 5. The monoisotopic (exact) mass is 413 g/mol. The van der Waals surface area contributed by atoms with Gasteiger partial charge in [-0.25, -0.2) is 9.78 Å². The Kier molecular flexibility index (Phi) is 4.98. The van der Waals surface area contributed by atoms with Crippen LogP contribution in [-0.4, -0.2) is 20.3 Å². The van der Waals surface area contributed by atoms with Crippen molar-refractivity contribution in [3.05, 3.63) is 87.1 Å². The largest absolute Gasteiger partial charge is 0.456 e. The van der Waals surface area contributed by atoms with Gasteiger partial charge in [0.25, 0.3) is 5.56 Å². The minimum Gasteiger partial charge on any atom is -0.456 e. The fourth-order valence-electron chi connectivity index (χ4n) is 4.33. The summed E-state index contributed by atoms with van der Waals surface area (Å²) in [6.45, 7) is 1.87. The molecule has 0 unspecified atom stereocenters. The van der Waals surface area contributed by atoms with Crippen LogP contribution in [0.4, 0.5) is 0 Å². The number of nitrogens with zero attached hydrogens (tertiary/aromatic N) is 3. The average Bonchev–Trinajstić information content (AvgIpc) is 3.01. The smallest absolute Gasteiger partial charge is 0.339 e. The Morgan fingerprint density at radius 1 is 1.06 bits per heavy atom. The third kappa shape index (κ3) is 3.69. The van der Waals surface area contributed by atoms with E-state index in [2.05, 4.69) is 4.98 Å². The van der Waals surface area contributed by atoms with Gasteiger partial charge in [0.1, 0.15) is 12.3 Å². The lowest BCUT2D eigenvalue weighted by molar-refractivity contribution is 0.0468. The van der Waals surface area contributed by atoms with Gasteiger partial charge in [0.15, 0.2) is 0 Å². The second kappa shape index (κ2) is 7.95. The third-order valence-electron chi connectivity index (χ3n) is 5.84. The molecule has 0 atom stereocenters. The number of pyridine rings is 2. The first-order valence-corrected chi connectivity index (χ1v) is 10.7. The Morgan fingerprint density at radius 2 is 1.90 bits per heavy atom. The van der Waals surface area contributed by atoms with Crippen LogP contribution in [0.3, 0.4) is 0 Å². The van der Waals surface area contributed by atoms with E-state index in [4.69, 9.17) is 9.72 Å². The lowest BCUT2D eigenvalue weighted by atomic mass is 9.97. The summed E-state index contributed by atoms with van der Waals surface area (Å²) >= 11 is 0. The Bertz CT molecular complexity index is 1370. The van der Waals surface area contributed by atoms with E-state index < -0.39 is 0 Å². The molecule has 4 aromatic rings. The second-order valence-corrected chi connectivity index (χ2v) is 8.09. The van der Waals surface area contributed by atoms with Crippen molar-refractivity contribution < 1.29 is 9.53 Å². The number of carbonyl (C=O) groups excluding carboxylic acids is 1. The van der Waals surface area contributed by atoms with Gasteiger partial charge in [-0.15, -0.1) is 0 Å². The molecule has 0 fully saturated rings. The van der Waals surface area contributed by atoms with E-state index in [0.717, 1.165) is 59.8 Å². The van der Waals surface area contributed by atoms with Crippen molar-refractivity contribution >= 4 is 22.5 Å². The van der Waals surface area contributed by atoms with E-state index >= 15 is 0 Å². The second-order valence-electron chi connectivity index (χ2n) is 8.09. The van der Waals surface area contributed by atoms with Gasteiger partial charge in [0.2, 0.25) is 0 Å². The fourth-order valence-corrected chi connectivity index (χ4v) is 4.33. The van der Waals surface area contributed by atoms with Crippen molar-refractivity contribution in [2.24, 2.45) is 0 Å². The number of benzene rings is 1. The van der Waals surface area contributed by atoms with Crippen molar-refractivity contribution in [2.75, 3.05) is 0 Å². The van der Waals surface area contributed by atoms with Gasteiger partial charge in [-0.05, 0) is 55.9 Å². The van der Waals surface area contributed by atoms with Crippen LogP contribution >= 0.6 is 0 Å². The topological polar surface area (TPSA) is 73.6 Å². The van der Waals surface area contributed by atoms with Crippen molar-refractivity contribution in [3.63, 3.8) is 0 Å². The molecule has 0 bridgehead atoms. The summed E-state index contributed by atoms with van der Waals surface area (Å²) < 4.78 is 7.18. The number of aromatic nitrogens is 3. The minimum atomic E-state index is -0.386. The summed E-state index contributed by atoms with van der Waals surface area (Å²) in [6, 6.07) is 12.8. The summed E-state index contributed by atoms with van der Waals surface area (Å²) in [5.41, 5.74) is 5.18. The highest BCUT2D eigenvalue weighted by Gasteiger charge is 2.23. The van der Waals surface area contributed by atoms with Gasteiger partial charge < -0.3 is 4.74 Å². The fraction of sp³-hybridized carbons (Fsp3) is 0.280. The Labute approximate surface area is 179 Å². The highest BCUT2D eigenvalue weighted by molar-refractivity contribution is 6.05. The van der Waals surface area contributed by atoms with Crippen LogP contribution < -0.4 is 5.56 Å². The van der Waals surface area contributed by atoms with Crippen LogP contribution in [0.2, 0.25) is 0 Å². The van der Waals surface area contributed by atoms with Crippen LogP contribution in [0.15, 0.2) is 53.5 Å². The van der Waals surface area contributed by atoms with E-state index in [-0.39, 0.29) is 18.1 Å². The Morgan fingerprint density at radius 3 is 2.81 bits per heavy atom. The molecule has 156 valence electrons. The first kappa shape index (κ1) is 19.4. The van der Waals surface area contributed by atoms with Crippen LogP contribution in [0.5, 0.6) is 0 Å². The number of fused-ring (bicyclic) bond motifs is 3. The standard InChI is InChI=1S/C25H23N3O3/c1-16-11-12-22-26-17(13-23(29)28(22)14-16)15-31-25(30)24-18-7-3-2-4-9-20(18)27-21-10-6-5-8-19(21)24/h5-6,8,10-14H,2-4,7,9,15H2,1H3. The molecule has 3 heterocycles. The molecule has 5 rings (SSSR count). The molecule has 0 amide bonds. The first-order valence-electron chi connectivity index (χ1n) is 10.7. The maximum Gasteiger partial charge on any atom is 0.339 e. The lowest BCUT2D eigenvalue weighted by Gasteiger charge is -2.15. The first-order chi connectivity index (χ1) is 15.1. The van der Waals surface area contributed by atoms with Crippen LogP contribution in [0, 0.1) is 6.92 Å². The molecule has 0 N–H and O–H groups in total. The maximum absolute atomic E-state index is 13.2. The highest BCUT2D eigenvalue weighted by Crippen LogP contribution is 2.29. The molecule has 0 spiro atoms. The van der Waals surface area contributed by atoms with Gasteiger partial charge in [0, 0.05) is 23.3 Å². The third-order valence-corrected chi connectivity index (χ3v) is 5.84. The Balaban J connectivity index is 1.50.